The molecule has 0 aromatic heterocycles. The summed E-state index contributed by atoms with van der Waals surface area (Å²) in [5, 5.41) is 0. The molecular formula is C15H13BrF2N2O. The molecular weight excluding hydrogens is 342 g/mol. The predicted molar refractivity (Wildman–Crippen MR) is 78.8 cm³/mol. The molecule has 3 rings (SSSR count). The van der Waals surface area contributed by atoms with Crippen molar-refractivity contribution < 1.29 is 13.5 Å². The van der Waals surface area contributed by atoms with Gasteiger partial charge in [-0.05, 0) is 34.1 Å². The number of fused-ring (bicyclic) bond motifs is 1. The Kier molecular flexibility index (Phi) is 3.93. The first-order chi connectivity index (χ1) is 10.1. The van der Waals surface area contributed by atoms with E-state index in [1.165, 1.54) is 12.1 Å². The molecule has 0 radical (unpaired) electrons. The number of halogens is 3. The highest BCUT2D eigenvalue weighted by Gasteiger charge is 2.35. The van der Waals surface area contributed by atoms with Gasteiger partial charge in [-0.1, -0.05) is 18.2 Å². The first-order valence-electron chi connectivity index (χ1n) is 6.44. The zero-order chi connectivity index (χ0) is 15.0. The molecule has 2 aromatic rings. The summed E-state index contributed by atoms with van der Waals surface area (Å²) in [6.45, 7) is 0.319. The van der Waals surface area contributed by atoms with Crippen LogP contribution in [-0.4, -0.2) is 6.61 Å². The summed E-state index contributed by atoms with van der Waals surface area (Å²) < 4.78 is 34.2. The maximum atomic E-state index is 14.3. The minimum Gasteiger partial charge on any atom is -0.493 e. The molecule has 3 nitrogen and oxygen atoms in total. The van der Waals surface area contributed by atoms with Crippen LogP contribution in [0.15, 0.2) is 40.9 Å². The smallest absolute Gasteiger partial charge is 0.145 e. The molecule has 0 saturated heterocycles. The highest BCUT2D eigenvalue weighted by molar-refractivity contribution is 9.10. The van der Waals surface area contributed by atoms with Crippen molar-refractivity contribution in [1.29, 1.82) is 0 Å². The Balaban J connectivity index is 2.07. The second-order valence-electron chi connectivity index (χ2n) is 4.86. The number of rotatable bonds is 3. The van der Waals surface area contributed by atoms with Crippen LogP contribution in [0, 0.1) is 11.6 Å². The second kappa shape index (κ2) is 5.71. The van der Waals surface area contributed by atoms with E-state index in [0.29, 0.717) is 6.61 Å². The Morgan fingerprint density at radius 3 is 2.76 bits per heavy atom. The molecule has 0 bridgehead atoms. The third-order valence-corrected chi connectivity index (χ3v) is 4.32. The lowest BCUT2D eigenvalue weighted by Gasteiger charge is -2.23. The monoisotopic (exact) mass is 354 g/mol. The van der Waals surface area contributed by atoms with Crippen LogP contribution >= 0.6 is 15.9 Å². The Labute approximate surface area is 129 Å². The van der Waals surface area contributed by atoms with E-state index in [2.05, 4.69) is 21.4 Å². The first-order valence-corrected chi connectivity index (χ1v) is 7.24. The molecule has 1 aliphatic rings. The molecule has 21 heavy (non-hydrogen) atoms. The van der Waals surface area contributed by atoms with Crippen LogP contribution in [0.3, 0.4) is 0 Å². The summed E-state index contributed by atoms with van der Waals surface area (Å²) in [5.41, 5.74) is 3.33. The number of hydrazine groups is 1. The van der Waals surface area contributed by atoms with Gasteiger partial charge in [0.25, 0.3) is 0 Å². The predicted octanol–water partition coefficient (Wildman–Crippen LogP) is 3.41. The minimum atomic E-state index is -0.717. The van der Waals surface area contributed by atoms with Gasteiger partial charge in [-0.25, -0.2) is 8.78 Å². The third kappa shape index (κ3) is 2.43. The van der Waals surface area contributed by atoms with Gasteiger partial charge in [0.15, 0.2) is 0 Å². The van der Waals surface area contributed by atoms with Gasteiger partial charge < -0.3 is 4.74 Å². The molecule has 0 fully saturated rings. The van der Waals surface area contributed by atoms with Gasteiger partial charge in [0.2, 0.25) is 0 Å². The lowest BCUT2D eigenvalue weighted by molar-refractivity contribution is 0.294. The molecule has 0 saturated carbocycles. The summed E-state index contributed by atoms with van der Waals surface area (Å²) in [4.78, 5) is 0. The molecule has 1 heterocycles. The van der Waals surface area contributed by atoms with Crippen LogP contribution in [0.25, 0.3) is 0 Å². The standard InChI is InChI=1S/C15H13BrF2N2O/c16-10-5-6-11(17)13(14(10)18)15(20-19)9-7-21-12-4-2-1-3-8(9)12/h1-6,9,15,20H,7,19H2. The summed E-state index contributed by atoms with van der Waals surface area (Å²) >= 11 is 3.08. The average molecular weight is 355 g/mol. The van der Waals surface area contributed by atoms with Crippen molar-refractivity contribution in [3.8, 4) is 5.75 Å². The van der Waals surface area contributed by atoms with E-state index in [4.69, 9.17) is 10.6 Å². The Morgan fingerprint density at radius 2 is 2.00 bits per heavy atom. The van der Waals surface area contributed by atoms with Gasteiger partial charge in [0.05, 0.1) is 17.1 Å². The van der Waals surface area contributed by atoms with Crippen molar-refractivity contribution in [3.63, 3.8) is 0 Å². The van der Waals surface area contributed by atoms with E-state index < -0.39 is 17.7 Å². The first kappa shape index (κ1) is 14.4. The molecule has 110 valence electrons. The summed E-state index contributed by atoms with van der Waals surface area (Å²) in [7, 11) is 0. The van der Waals surface area contributed by atoms with E-state index in [-0.39, 0.29) is 16.0 Å². The number of para-hydroxylation sites is 1. The summed E-state index contributed by atoms with van der Waals surface area (Å²) in [5.74, 6) is 4.75. The Hall–Kier alpha value is -1.50. The van der Waals surface area contributed by atoms with Gasteiger partial charge in [-0.2, -0.15) is 0 Å². The average Bonchev–Trinajstić information content (AvgIpc) is 2.91. The van der Waals surface area contributed by atoms with Crippen LogP contribution in [0.4, 0.5) is 8.78 Å². The van der Waals surface area contributed by atoms with Crippen molar-refractivity contribution in [1.82, 2.24) is 5.43 Å². The van der Waals surface area contributed by atoms with Crippen LogP contribution in [0.2, 0.25) is 0 Å². The van der Waals surface area contributed by atoms with E-state index in [1.54, 1.807) is 0 Å². The molecule has 6 heteroatoms. The van der Waals surface area contributed by atoms with Crippen LogP contribution in [0.1, 0.15) is 23.1 Å². The van der Waals surface area contributed by atoms with Crippen LogP contribution in [0.5, 0.6) is 5.75 Å². The van der Waals surface area contributed by atoms with Crippen molar-refractivity contribution in [2.45, 2.75) is 12.0 Å². The van der Waals surface area contributed by atoms with Gasteiger partial charge in [0, 0.05) is 17.0 Å². The molecule has 0 aliphatic carbocycles. The molecule has 0 amide bonds. The van der Waals surface area contributed by atoms with E-state index in [0.717, 1.165) is 11.3 Å². The van der Waals surface area contributed by atoms with Crippen molar-refractivity contribution in [2.24, 2.45) is 5.84 Å². The number of benzene rings is 2. The molecule has 2 unspecified atom stereocenters. The maximum Gasteiger partial charge on any atom is 0.145 e. The van der Waals surface area contributed by atoms with Gasteiger partial charge in [0.1, 0.15) is 17.4 Å². The zero-order valence-corrected chi connectivity index (χ0v) is 12.5. The largest absolute Gasteiger partial charge is 0.493 e. The van der Waals surface area contributed by atoms with E-state index >= 15 is 0 Å². The molecule has 1 aliphatic heterocycles. The highest BCUT2D eigenvalue weighted by atomic mass is 79.9. The number of ether oxygens (including phenoxy) is 1. The SMILES string of the molecule is NNC(c1c(F)ccc(Br)c1F)C1COc2ccccc21. The van der Waals surface area contributed by atoms with Crippen molar-refractivity contribution in [2.75, 3.05) is 6.61 Å². The van der Waals surface area contributed by atoms with E-state index in [1.807, 2.05) is 24.3 Å². The maximum absolute atomic E-state index is 14.3. The van der Waals surface area contributed by atoms with Gasteiger partial charge in [-0.3, -0.25) is 11.3 Å². The number of hydrogen-bond acceptors (Lipinski definition) is 3. The number of hydrogen-bond donors (Lipinski definition) is 2. The number of nitrogens with two attached hydrogens (primary N) is 1. The Bertz CT molecular complexity index is 681. The number of nitrogens with one attached hydrogen (secondary N) is 1. The molecule has 3 N–H and O–H groups in total. The van der Waals surface area contributed by atoms with Crippen LogP contribution in [-0.2, 0) is 0 Å². The summed E-state index contributed by atoms with van der Waals surface area (Å²) in [6.07, 6.45) is 0. The summed E-state index contributed by atoms with van der Waals surface area (Å²) in [6, 6.07) is 9.26. The molecule has 0 spiro atoms. The van der Waals surface area contributed by atoms with Gasteiger partial charge in [-0.15, -0.1) is 0 Å². The zero-order valence-electron chi connectivity index (χ0n) is 10.9. The van der Waals surface area contributed by atoms with Crippen LogP contribution < -0.4 is 16.0 Å². The second-order valence-corrected chi connectivity index (χ2v) is 5.71. The molecule has 2 aromatic carbocycles. The van der Waals surface area contributed by atoms with Gasteiger partial charge >= 0.3 is 0 Å². The molecule has 2 atom stereocenters. The topological polar surface area (TPSA) is 47.3 Å². The fraction of sp³-hybridized carbons (Fsp3) is 0.200. The Morgan fingerprint density at radius 1 is 1.24 bits per heavy atom. The lowest BCUT2D eigenvalue weighted by atomic mass is 9.88. The highest BCUT2D eigenvalue weighted by Crippen LogP contribution is 2.42. The fourth-order valence-electron chi connectivity index (χ4n) is 2.69. The third-order valence-electron chi connectivity index (χ3n) is 3.71. The van der Waals surface area contributed by atoms with Crippen molar-refractivity contribution >= 4 is 15.9 Å². The fourth-order valence-corrected chi connectivity index (χ4v) is 3.04. The minimum absolute atomic E-state index is 0.0859. The normalized spacial score (nSPS) is 18.2. The van der Waals surface area contributed by atoms with Crippen molar-refractivity contribution in [3.05, 3.63) is 63.6 Å². The quantitative estimate of drug-likeness (QED) is 0.504. The lowest BCUT2D eigenvalue weighted by Crippen LogP contribution is -2.34. The van der Waals surface area contributed by atoms with E-state index in [9.17, 15) is 8.78 Å².